The summed E-state index contributed by atoms with van der Waals surface area (Å²) in [5.41, 5.74) is 0. The van der Waals surface area contributed by atoms with Crippen LogP contribution in [-0.2, 0) is 9.73 Å². The molecule has 78 valence electrons. The molecule has 1 aromatic carbocycles. The maximum atomic E-state index is 12.5. The van der Waals surface area contributed by atoms with E-state index in [2.05, 4.69) is 4.36 Å². The van der Waals surface area contributed by atoms with Gasteiger partial charge in [0.2, 0.25) is 0 Å². The molecule has 0 N–H and O–H groups in total. The lowest BCUT2D eigenvalue weighted by atomic mass is 10.4. The van der Waals surface area contributed by atoms with Gasteiger partial charge in [-0.2, -0.15) is 0 Å². The van der Waals surface area contributed by atoms with E-state index < -0.39 is 9.73 Å². The van der Waals surface area contributed by atoms with Crippen molar-refractivity contribution >= 4 is 9.73 Å². The van der Waals surface area contributed by atoms with Crippen molar-refractivity contribution in [1.29, 1.82) is 0 Å². The zero-order valence-corrected chi connectivity index (χ0v) is 9.75. The Morgan fingerprint density at radius 3 is 2.36 bits per heavy atom. The molecule has 0 aromatic heterocycles. The number of rotatable bonds is 3. The molecule has 0 saturated heterocycles. The highest BCUT2D eigenvalue weighted by Crippen LogP contribution is 2.19. The fourth-order valence-electron chi connectivity index (χ4n) is 1.36. The normalized spacial score (nSPS) is 17.1. The average Bonchev–Trinajstić information content (AvgIpc) is 2.28. The molecule has 0 aliphatic carbocycles. The van der Waals surface area contributed by atoms with Crippen molar-refractivity contribution in [2.24, 2.45) is 4.36 Å². The lowest BCUT2D eigenvalue weighted by Crippen LogP contribution is -2.16. The third-order valence-corrected chi connectivity index (χ3v) is 5.39. The van der Waals surface area contributed by atoms with Gasteiger partial charge in [-0.25, -0.2) is 8.57 Å². The highest BCUT2D eigenvalue weighted by molar-refractivity contribution is 7.94. The van der Waals surface area contributed by atoms with Crippen LogP contribution in [0.3, 0.4) is 0 Å². The standard InChI is InChI=1S/C11H17NOS/c1-4-10(2)14(13,12-3)11-8-6-5-7-9-11/h5-10H,4H2,1-3H3. The molecule has 0 heterocycles. The summed E-state index contributed by atoms with van der Waals surface area (Å²) >= 11 is 0. The average molecular weight is 211 g/mol. The fraction of sp³-hybridized carbons (Fsp3) is 0.455. The molecular formula is C11H17NOS. The summed E-state index contributed by atoms with van der Waals surface area (Å²) in [5.74, 6) is 0. The summed E-state index contributed by atoms with van der Waals surface area (Å²) in [5, 5.41) is 0.106. The predicted molar refractivity (Wildman–Crippen MR) is 61.0 cm³/mol. The van der Waals surface area contributed by atoms with Crippen molar-refractivity contribution in [1.82, 2.24) is 0 Å². The Hall–Kier alpha value is -0.830. The molecule has 0 bridgehead atoms. The van der Waals surface area contributed by atoms with Crippen molar-refractivity contribution < 1.29 is 4.21 Å². The first-order valence-electron chi connectivity index (χ1n) is 4.84. The van der Waals surface area contributed by atoms with Crippen molar-refractivity contribution in [3.8, 4) is 0 Å². The molecule has 1 aromatic rings. The molecule has 14 heavy (non-hydrogen) atoms. The lowest BCUT2D eigenvalue weighted by molar-refractivity contribution is 0.662. The summed E-state index contributed by atoms with van der Waals surface area (Å²) in [6.45, 7) is 4.03. The third kappa shape index (κ3) is 1.98. The van der Waals surface area contributed by atoms with E-state index in [1.165, 1.54) is 0 Å². The highest BCUT2D eigenvalue weighted by atomic mass is 32.2. The molecular weight excluding hydrogens is 194 g/mol. The van der Waals surface area contributed by atoms with E-state index in [9.17, 15) is 4.21 Å². The molecule has 0 saturated carbocycles. The van der Waals surface area contributed by atoms with Crippen LogP contribution in [0, 0.1) is 0 Å². The zero-order valence-electron chi connectivity index (χ0n) is 8.93. The molecule has 0 amide bonds. The van der Waals surface area contributed by atoms with E-state index in [4.69, 9.17) is 0 Å². The van der Waals surface area contributed by atoms with Crippen molar-refractivity contribution in [3.05, 3.63) is 30.3 Å². The summed E-state index contributed by atoms with van der Waals surface area (Å²) in [6, 6.07) is 9.52. The van der Waals surface area contributed by atoms with E-state index in [1.54, 1.807) is 7.05 Å². The molecule has 2 nitrogen and oxygen atoms in total. The van der Waals surface area contributed by atoms with E-state index >= 15 is 0 Å². The number of nitrogens with zero attached hydrogens (tertiary/aromatic N) is 1. The molecule has 0 radical (unpaired) electrons. The van der Waals surface area contributed by atoms with Crippen LogP contribution in [0.5, 0.6) is 0 Å². The molecule has 0 fully saturated rings. The second kappa shape index (κ2) is 4.60. The zero-order chi connectivity index (χ0) is 10.6. The SMILES string of the molecule is CCC(C)S(=O)(=NC)c1ccccc1. The second-order valence-electron chi connectivity index (χ2n) is 3.28. The van der Waals surface area contributed by atoms with Crippen LogP contribution in [0.25, 0.3) is 0 Å². The van der Waals surface area contributed by atoms with Crippen molar-refractivity contribution in [2.45, 2.75) is 30.4 Å². The molecule has 1 rings (SSSR count). The summed E-state index contributed by atoms with van der Waals surface area (Å²) in [4.78, 5) is 0.844. The van der Waals surface area contributed by atoms with Gasteiger partial charge in [-0.15, -0.1) is 0 Å². The van der Waals surface area contributed by atoms with Crippen molar-refractivity contribution in [3.63, 3.8) is 0 Å². The van der Waals surface area contributed by atoms with Crippen molar-refractivity contribution in [2.75, 3.05) is 7.05 Å². The quantitative estimate of drug-likeness (QED) is 0.756. The van der Waals surface area contributed by atoms with Gasteiger partial charge in [0.15, 0.2) is 0 Å². The molecule has 0 aliphatic heterocycles. The summed E-state index contributed by atoms with van der Waals surface area (Å²) < 4.78 is 16.6. The number of hydrogen-bond donors (Lipinski definition) is 0. The molecule has 0 spiro atoms. The van der Waals surface area contributed by atoms with Gasteiger partial charge in [-0.3, -0.25) is 0 Å². The predicted octanol–water partition coefficient (Wildman–Crippen LogP) is 2.94. The minimum atomic E-state index is -2.21. The van der Waals surface area contributed by atoms with Gasteiger partial charge in [-0.1, -0.05) is 25.1 Å². The van der Waals surface area contributed by atoms with E-state index in [0.29, 0.717) is 0 Å². The maximum Gasteiger partial charge on any atom is 0.0775 e. The van der Waals surface area contributed by atoms with E-state index in [-0.39, 0.29) is 5.25 Å². The van der Waals surface area contributed by atoms with Crippen LogP contribution in [-0.4, -0.2) is 16.5 Å². The Kier molecular flexibility index (Phi) is 3.69. The number of benzene rings is 1. The van der Waals surface area contributed by atoms with Crippen LogP contribution in [0.4, 0.5) is 0 Å². The van der Waals surface area contributed by atoms with Crippen LogP contribution in [0.2, 0.25) is 0 Å². The second-order valence-corrected chi connectivity index (χ2v) is 6.06. The summed E-state index contributed by atoms with van der Waals surface area (Å²) in [7, 11) is -0.569. The van der Waals surface area contributed by atoms with Gasteiger partial charge in [0.1, 0.15) is 0 Å². The lowest BCUT2D eigenvalue weighted by Gasteiger charge is -2.15. The Bertz CT molecular complexity index is 391. The molecule has 2 unspecified atom stereocenters. The molecule has 2 atom stereocenters. The van der Waals surface area contributed by atoms with E-state index in [1.807, 2.05) is 44.2 Å². The first kappa shape index (κ1) is 11.2. The van der Waals surface area contributed by atoms with Crippen LogP contribution < -0.4 is 0 Å². The smallest absolute Gasteiger partial charge is 0.0775 e. The van der Waals surface area contributed by atoms with Gasteiger partial charge in [0, 0.05) is 17.2 Å². The largest absolute Gasteiger partial charge is 0.244 e. The Balaban J connectivity index is 3.24. The monoisotopic (exact) mass is 211 g/mol. The minimum absolute atomic E-state index is 0.106. The third-order valence-electron chi connectivity index (χ3n) is 2.47. The molecule has 3 heteroatoms. The van der Waals surface area contributed by atoms with Crippen LogP contribution in [0.15, 0.2) is 39.6 Å². The fourth-order valence-corrected chi connectivity index (χ4v) is 3.39. The van der Waals surface area contributed by atoms with Crippen LogP contribution in [0.1, 0.15) is 20.3 Å². The highest BCUT2D eigenvalue weighted by Gasteiger charge is 2.18. The number of hydrogen-bond acceptors (Lipinski definition) is 2. The molecule has 0 aliphatic rings. The van der Waals surface area contributed by atoms with Gasteiger partial charge in [-0.05, 0) is 25.5 Å². The van der Waals surface area contributed by atoms with Gasteiger partial charge >= 0.3 is 0 Å². The maximum absolute atomic E-state index is 12.5. The van der Waals surface area contributed by atoms with Gasteiger partial charge in [0.05, 0.1) is 9.73 Å². The Morgan fingerprint density at radius 2 is 1.93 bits per heavy atom. The van der Waals surface area contributed by atoms with Gasteiger partial charge < -0.3 is 0 Å². The topological polar surface area (TPSA) is 29.4 Å². The van der Waals surface area contributed by atoms with E-state index in [0.717, 1.165) is 11.3 Å². The first-order chi connectivity index (χ1) is 6.65. The Morgan fingerprint density at radius 1 is 1.36 bits per heavy atom. The minimum Gasteiger partial charge on any atom is -0.244 e. The summed E-state index contributed by atoms with van der Waals surface area (Å²) in [6.07, 6.45) is 0.880. The first-order valence-corrected chi connectivity index (χ1v) is 6.42. The van der Waals surface area contributed by atoms with Crippen LogP contribution >= 0.6 is 0 Å². The Labute approximate surface area is 86.5 Å². The van der Waals surface area contributed by atoms with Gasteiger partial charge in [0.25, 0.3) is 0 Å².